The van der Waals surface area contributed by atoms with E-state index in [0.717, 1.165) is 12.8 Å². The minimum atomic E-state index is -1.10. The van der Waals surface area contributed by atoms with Crippen molar-refractivity contribution >= 4 is 35.5 Å². The molecule has 0 spiro atoms. The molecule has 0 aliphatic heterocycles. The zero-order chi connectivity index (χ0) is 14.1. The molecular weight excluding hydrogens is 259 g/mol. The number of hydrogen-bond donors (Lipinski definition) is 4. The molecule has 0 heterocycles. The van der Waals surface area contributed by atoms with E-state index in [4.69, 9.17) is 20.4 Å². The molecule has 0 bridgehead atoms. The summed E-state index contributed by atoms with van der Waals surface area (Å²) in [5, 5.41) is 34.0. The van der Waals surface area contributed by atoms with E-state index < -0.39 is 12.3 Å². The molecule has 0 atom stereocenters. The molecule has 0 saturated heterocycles. The second-order valence-corrected chi connectivity index (χ2v) is 3.93. The Bertz CT molecular complexity index is 379. The molecule has 4 N–H and O–H groups in total. The van der Waals surface area contributed by atoms with E-state index in [1.54, 1.807) is 6.92 Å². The van der Waals surface area contributed by atoms with Crippen LogP contribution in [0.5, 0.6) is 5.75 Å². The van der Waals surface area contributed by atoms with Crippen molar-refractivity contribution in [3.05, 3.63) is 29.3 Å². The number of hydrogen-bond acceptors (Lipinski definition) is 4. The van der Waals surface area contributed by atoms with Crippen LogP contribution in [0.15, 0.2) is 18.2 Å². The van der Waals surface area contributed by atoms with E-state index in [1.165, 1.54) is 18.2 Å². The molecule has 0 unspecified atom stereocenters. The van der Waals surface area contributed by atoms with Crippen molar-refractivity contribution < 1.29 is 25.2 Å². The van der Waals surface area contributed by atoms with Crippen molar-refractivity contribution in [3.63, 3.8) is 0 Å². The van der Waals surface area contributed by atoms with E-state index in [1.807, 2.05) is 6.92 Å². The molecule has 104 valence electrons. The summed E-state index contributed by atoms with van der Waals surface area (Å²) in [6.45, 7) is 3.66. The molecule has 0 saturated carbocycles. The number of phenolic OH excluding ortho intramolecular Hbond substituents is 1. The van der Waals surface area contributed by atoms with Crippen LogP contribution in [-0.2, 0) is 0 Å². The summed E-state index contributed by atoms with van der Waals surface area (Å²) < 4.78 is 0. The van der Waals surface area contributed by atoms with Crippen LogP contribution in [0.1, 0.15) is 42.1 Å². The predicted octanol–water partition coefficient (Wildman–Crippen LogP) is 1.24. The van der Waals surface area contributed by atoms with Crippen LogP contribution in [0.25, 0.3) is 0 Å². The van der Waals surface area contributed by atoms with E-state index in [-0.39, 0.29) is 40.9 Å². The first-order valence-electron chi connectivity index (χ1n) is 5.77. The third-order valence-corrected chi connectivity index (χ3v) is 2.26. The Hall–Kier alpha value is -0.590. The summed E-state index contributed by atoms with van der Waals surface area (Å²) in [4.78, 5) is 10.5. The minimum absolute atomic E-state index is 0. The third kappa shape index (κ3) is 9.92. The Morgan fingerprint density at radius 1 is 1.32 bits per heavy atom. The molecule has 0 fully saturated rings. The van der Waals surface area contributed by atoms with Gasteiger partial charge in [-0.3, -0.25) is 0 Å². The van der Waals surface area contributed by atoms with E-state index in [0.29, 0.717) is 12.0 Å². The average Bonchev–Trinajstić information content (AvgIpc) is 2.26. The van der Waals surface area contributed by atoms with Gasteiger partial charge in [0.05, 0.1) is 5.56 Å². The second-order valence-electron chi connectivity index (χ2n) is 3.93. The van der Waals surface area contributed by atoms with Crippen molar-refractivity contribution in [3.8, 4) is 5.75 Å². The number of carboxylic acids is 1. The Balaban J connectivity index is 0. The van der Waals surface area contributed by atoms with Gasteiger partial charge in [0.2, 0.25) is 0 Å². The van der Waals surface area contributed by atoms with Gasteiger partial charge in [-0.05, 0) is 43.5 Å². The summed E-state index contributed by atoms with van der Waals surface area (Å²) in [6.07, 6.45) is 1.34. The first-order chi connectivity index (χ1) is 8.38. The molecule has 19 heavy (non-hydrogen) atoms. The van der Waals surface area contributed by atoms with Gasteiger partial charge in [0.1, 0.15) is 5.75 Å². The molecule has 1 aromatic carbocycles. The van der Waals surface area contributed by atoms with Crippen LogP contribution in [0.4, 0.5) is 0 Å². The Morgan fingerprint density at radius 2 is 1.89 bits per heavy atom. The van der Waals surface area contributed by atoms with Crippen molar-refractivity contribution in [2.45, 2.75) is 39.4 Å². The maximum absolute atomic E-state index is 10.5. The van der Waals surface area contributed by atoms with Crippen molar-refractivity contribution in [2.24, 2.45) is 0 Å². The molecule has 0 radical (unpaired) electrons. The van der Waals surface area contributed by atoms with Crippen molar-refractivity contribution in [1.29, 1.82) is 0 Å². The number of phenols is 1. The van der Waals surface area contributed by atoms with Gasteiger partial charge in [0.25, 0.3) is 0 Å². The van der Waals surface area contributed by atoms with E-state index in [9.17, 15) is 4.79 Å². The summed E-state index contributed by atoms with van der Waals surface area (Å²) in [5.41, 5.74) is 0.792. The third-order valence-electron chi connectivity index (χ3n) is 2.26. The molecular formula is C13H21NaO5. The van der Waals surface area contributed by atoms with Gasteiger partial charge >= 0.3 is 35.5 Å². The van der Waals surface area contributed by atoms with Crippen molar-refractivity contribution in [2.75, 3.05) is 0 Å². The average molecular weight is 280 g/mol. The number of aliphatic hydroxyl groups is 2. The maximum atomic E-state index is 10.5. The number of carbonyl (C=O) groups is 1. The number of benzene rings is 1. The summed E-state index contributed by atoms with van der Waals surface area (Å²) >= 11 is 0. The number of aromatic carboxylic acids is 1. The quantitative estimate of drug-likeness (QED) is 0.491. The number of aromatic hydroxyl groups is 1. The fourth-order valence-corrected chi connectivity index (χ4v) is 1.27. The van der Waals surface area contributed by atoms with Crippen LogP contribution >= 0.6 is 0 Å². The Morgan fingerprint density at radius 3 is 2.21 bits per heavy atom. The first kappa shape index (κ1) is 20.7. The van der Waals surface area contributed by atoms with Gasteiger partial charge in [0, 0.05) is 0 Å². The monoisotopic (exact) mass is 280 g/mol. The molecule has 1 rings (SSSR count). The van der Waals surface area contributed by atoms with Gasteiger partial charge in [-0.1, -0.05) is 13.3 Å². The number of aryl methyl sites for hydroxylation is 1. The summed E-state index contributed by atoms with van der Waals surface area (Å²) in [7, 11) is 0. The zero-order valence-electron chi connectivity index (χ0n) is 10.6. The first-order valence-corrected chi connectivity index (χ1v) is 5.77. The van der Waals surface area contributed by atoms with E-state index in [2.05, 4.69) is 0 Å². The SMILES string of the molecule is CCCCC(O)O.Cc1cc(O)ccc1C(=O)O.[NaH]. The zero-order valence-corrected chi connectivity index (χ0v) is 10.6. The van der Waals surface area contributed by atoms with Gasteiger partial charge in [-0.25, -0.2) is 4.79 Å². The fourth-order valence-electron chi connectivity index (χ4n) is 1.27. The number of unbranched alkanes of at least 4 members (excludes halogenated alkanes) is 1. The predicted molar refractivity (Wildman–Crippen MR) is 74.7 cm³/mol. The molecule has 0 aliphatic rings. The number of carboxylic acid groups (broad SMARTS) is 1. The van der Waals surface area contributed by atoms with Crippen LogP contribution in [0, 0.1) is 6.92 Å². The Labute approximate surface area is 135 Å². The van der Waals surface area contributed by atoms with Crippen LogP contribution in [0.3, 0.4) is 0 Å². The Kier molecular flexibility index (Phi) is 12.3. The van der Waals surface area contributed by atoms with Crippen LogP contribution in [0.2, 0.25) is 0 Å². The van der Waals surface area contributed by atoms with Crippen LogP contribution in [-0.4, -0.2) is 62.2 Å². The van der Waals surface area contributed by atoms with E-state index >= 15 is 0 Å². The molecule has 0 aromatic heterocycles. The van der Waals surface area contributed by atoms with Gasteiger partial charge in [-0.15, -0.1) is 0 Å². The van der Waals surface area contributed by atoms with Gasteiger partial charge < -0.3 is 20.4 Å². The van der Waals surface area contributed by atoms with Gasteiger partial charge in [0.15, 0.2) is 6.29 Å². The topological polar surface area (TPSA) is 98.0 Å². The number of rotatable bonds is 4. The normalized spacial score (nSPS) is 9.32. The molecule has 5 nitrogen and oxygen atoms in total. The molecule has 6 heteroatoms. The summed E-state index contributed by atoms with van der Waals surface area (Å²) in [6, 6.07) is 4.16. The summed E-state index contributed by atoms with van der Waals surface area (Å²) in [5.74, 6) is -0.880. The number of aliphatic hydroxyl groups excluding tert-OH is 1. The van der Waals surface area contributed by atoms with Crippen molar-refractivity contribution in [1.82, 2.24) is 0 Å². The second kappa shape index (κ2) is 11.3. The molecule has 0 aliphatic carbocycles. The molecule has 0 amide bonds. The molecule has 1 aromatic rings. The van der Waals surface area contributed by atoms with Crippen LogP contribution < -0.4 is 0 Å². The van der Waals surface area contributed by atoms with Gasteiger partial charge in [-0.2, -0.15) is 0 Å². The fraction of sp³-hybridized carbons (Fsp3) is 0.462. The standard InChI is InChI=1S/C8H8O3.C5H12O2.Na.H/c1-5-4-6(9)2-3-7(5)8(10)11;1-2-3-4-5(6)7;;/h2-4,9H,1H3,(H,10,11);5-7H,2-4H2,1H3;;.